The highest BCUT2D eigenvalue weighted by Gasteiger charge is 2.26. The Morgan fingerprint density at radius 2 is 2.23 bits per heavy atom. The third-order valence-corrected chi connectivity index (χ3v) is 3.90. The molecule has 1 fully saturated rings. The van der Waals surface area contributed by atoms with E-state index in [0.717, 1.165) is 13.0 Å². The number of carbonyl (C=O) groups excluding carboxylic acids is 2. The van der Waals surface area contributed by atoms with Gasteiger partial charge in [-0.05, 0) is 25.5 Å². The quantitative estimate of drug-likeness (QED) is 0.828. The van der Waals surface area contributed by atoms with Crippen LogP contribution in [0, 0.1) is 0 Å². The maximum atomic E-state index is 12.3. The Balaban J connectivity index is 1.90. The average molecular weight is 305 g/mol. The summed E-state index contributed by atoms with van der Waals surface area (Å²) in [5.41, 5.74) is 0. The molecule has 1 atom stereocenters. The first kappa shape index (κ1) is 16.3. The highest BCUT2D eigenvalue weighted by Crippen LogP contribution is 2.11. The van der Waals surface area contributed by atoms with Crippen molar-refractivity contribution in [3.05, 3.63) is 36.8 Å². The lowest BCUT2D eigenvalue weighted by Crippen LogP contribution is -2.46. The lowest BCUT2D eigenvalue weighted by atomic mass is 10.2. The Hall–Kier alpha value is -2.08. The molecular weight excluding hydrogens is 282 g/mol. The van der Waals surface area contributed by atoms with Crippen molar-refractivity contribution >= 4 is 11.8 Å². The minimum absolute atomic E-state index is 0.00860. The number of furan rings is 1. The fourth-order valence-electron chi connectivity index (χ4n) is 2.57. The minimum Gasteiger partial charge on any atom is -0.459 e. The summed E-state index contributed by atoms with van der Waals surface area (Å²) < 4.78 is 5.17. The molecular formula is C16H23N3O3. The van der Waals surface area contributed by atoms with Crippen molar-refractivity contribution in [1.29, 1.82) is 0 Å². The van der Waals surface area contributed by atoms with E-state index in [1.165, 1.54) is 6.26 Å². The number of rotatable bonds is 5. The first-order valence-electron chi connectivity index (χ1n) is 7.59. The zero-order valence-corrected chi connectivity index (χ0v) is 13.0. The van der Waals surface area contributed by atoms with Crippen LogP contribution >= 0.6 is 0 Å². The molecule has 0 saturated carbocycles. The minimum atomic E-state index is -0.210. The Morgan fingerprint density at radius 1 is 1.41 bits per heavy atom. The smallest absolute Gasteiger partial charge is 0.289 e. The molecule has 1 N–H and O–H groups in total. The Morgan fingerprint density at radius 3 is 2.91 bits per heavy atom. The van der Waals surface area contributed by atoms with E-state index >= 15 is 0 Å². The normalized spacial score (nSPS) is 17.6. The first-order valence-corrected chi connectivity index (χ1v) is 7.59. The summed E-state index contributed by atoms with van der Waals surface area (Å²) in [6, 6.07) is 3.18. The largest absolute Gasteiger partial charge is 0.459 e. The number of carbonyl (C=O) groups is 2. The zero-order chi connectivity index (χ0) is 15.9. The van der Waals surface area contributed by atoms with Gasteiger partial charge >= 0.3 is 0 Å². The summed E-state index contributed by atoms with van der Waals surface area (Å²) in [4.78, 5) is 28.2. The summed E-state index contributed by atoms with van der Waals surface area (Å²) >= 11 is 0. The maximum absolute atomic E-state index is 12.3. The van der Waals surface area contributed by atoms with Crippen molar-refractivity contribution in [3.8, 4) is 0 Å². The first-order chi connectivity index (χ1) is 10.6. The fourth-order valence-corrected chi connectivity index (χ4v) is 2.57. The van der Waals surface area contributed by atoms with Gasteiger partial charge in [0.15, 0.2) is 5.76 Å². The SMILES string of the molecule is C=CCNC(=O)C(C)N1CCCN(C(=O)c2ccco2)CC1. The van der Waals surface area contributed by atoms with E-state index in [9.17, 15) is 9.59 Å². The molecule has 2 amide bonds. The lowest BCUT2D eigenvalue weighted by molar-refractivity contribution is -0.125. The number of hydrogen-bond donors (Lipinski definition) is 1. The van der Waals surface area contributed by atoms with Gasteiger partial charge in [0.25, 0.3) is 5.91 Å². The van der Waals surface area contributed by atoms with Crippen LogP contribution in [0.5, 0.6) is 0 Å². The second-order valence-corrected chi connectivity index (χ2v) is 5.37. The number of hydrogen-bond acceptors (Lipinski definition) is 4. The lowest BCUT2D eigenvalue weighted by Gasteiger charge is -2.26. The molecule has 2 heterocycles. The van der Waals surface area contributed by atoms with Gasteiger partial charge in [0, 0.05) is 32.7 Å². The predicted molar refractivity (Wildman–Crippen MR) is 83.5 cm³/mol. The molecule has 22 heavy (non-hydrogen) atoms. The average Bonchev–Trinajstić information content (AvgIpc) is 2.95. The number of nitrogens with one attached hydrogen (secondary N) is 1. The summed E-state index contributed by atoms with van der Waals surface area (Å²) in [6.45, 7) is 8.70. The summed E-state index contributed by atoms with van der Waals surface area (Å²) in [7, 11) is 0. The molecule has 120 valence electrons. The van der Waals surface area contributed by atoms with Crippen LogP contribution in [0.25, 0.3) is 0 Å². The molecule has 0 radical (unpaired) electrons. The second-order valence-electron chi connectivity index (χ2n) is 5.37. The molecule has 6 heteroatoms. The van der Waals surface area contributed by atoms with Crippen molar-refractivity contribution in [2.24, 2.45) is 0 Å². The highest BCUT2D eigenvalue weighted by atomic mass is 16.3. The molecule has 1 aromatic rings. The van der Waals surface area contributed by atoms with Gasteiger partial charge in [-0.15, -0.1) is 6.58 Å². The summed E-state index contributed by atoms with van der Waals surface area (Å²) in [5, 5.41) is 2.81. The highest BCUT2D eigenvalue weighted by molar-refractivity contribution is 5.91. The van der Waals surface area contributed by atoms with Crippen molar-refractivity contribution < 1.29 is 14.0 Å². The van der Waals surface area contributed by atoms with Crippen molar-refractivity contribution in [2.75, 3.05) is 32.7 Å². The van der Waals surface area contributed by atoms with E-state index in [-0.39, 0.29) is 17.9 Å². The van der Waals surface area contributed by atoms with Crippen molar-refractivity contribution in [1.82, 2.24) is 15.1 Å². The molecule has 0 bridgehead atoms. The van der Waals surface area contributed by atoms with Crippen LogP contribution in [0.3, 0.4) is 0 Å². The third kappa shape index (κ3) is 3.98. The van der Waals surface area contributed by atoms with Gasteiger partial charge in [-0.25, -0.2) is 0 Å². The standard InChI is InChI=1S/C16H23N3O3/c1-3-7-17-15(20)13(2)18-8-5-9-19(11-10-18)16(21)14-6-4-12-22-14/h3-4,6,12-13H,1,5,7-11H2,2H3,(H,17,20). The van der Waals surface area contributed by atoms with Crippen molar-refractivity contribution in [3.63, 3.8) is 0 Å². The Kier molecular flexibility index (Phi) is 5.77. The van der Waals surface area contributed by atoms with Crippen LogP contribution in [0.2, 0.25) is 0 Å². The molecule has 0 aromatic carbocycles. The van der Waals surface area contributed by atoms with Crippen LogP contribution in [-0.2, 0) is 4.79 Å². The second kappa shape index (κ2) is 7.79. The number of nitrogens with zero attached hydrogens (tertiary/aromatic N) is 2. The summed E-state index contributed by atoms with van der Waals surface area (Å²) in [6.07, 6.45) is 4.01. The molecule has 0 aliphatic carbocycles. The van der Waals surface area contributed by atoms with Gasteiger partial charge < -0.3 is 14.6 Å². The topological polar surface area (TPSA) is 65.8 Å². The molecule has 1 aliphatic rings. The number of amides is 2. The van der Waals surface area contributed by atoms with Crippen LogP contribution in [-0.4, -0.2) is 60.4 Å². The molecule has 1 aliphatic heterocycles. The van der Waals surface area contributed by atoms with Crippen LogP contribution < -0.4 is 5.32 Å². The van der Waals surface area contributed by atoms with E-state index in [0.29, 0.717) is 31.9 Å². The molecule has 1 saturated heterocycles. The van der Waals surface area contributed by atoms with Gasteiger partial charge in [-0.1, -0.05) is 6.08 Å². The van der Waals surface area contributed by atoms with Crippen LogP contribution in [0.15, 0.2) is 35.5 Å². The van der Waals surface area contributed by atoms with Gasteiger partial charge in [0.05, 0.1) is 12.3 Å². The van der Waals surface area contributed by atoms with E-state index in [2.05, 4.69) is 16.8 Å². The van der Waals surface area contributed by atoms with Gasteiger partial charge in [0.2, 0.25) is 5.91 Å². The van der Waals surface area contributed by atoms with Crippen LogP contribution in [0.4, 0.5) is 0 Å². The van der Waals surface area contributed by atoms with E-state index in [4.69, 9.17) is 4.42 Å². The third-order valence-electron chi connectivity index (χ3n) is 3.90. The Bertz CT molecular complexity index is 513. The monoisotopic (exact) mass is 305 g/mol. The molecule has 1 unspecified atom stereocenters. The molecule has 2 rings (SSSR count). The van der Waals surface area contributed by atoms with Crippen LogP contribution in [0.1, 0.15) is 23.9 Å². The summed E-state index contributed by atoms with van der Waals surface area (Å²) in [5.74, 6) is 0.270. The Labute approximate surface area is 130 Å². The van der Waals surface area contributed by atoms with E-state index in [1.54, 1.807) is 23.1 Å². The molecule has 0 spiro atoms. The van der Waals surface area contributed by atoms with E-state index < -0.39 is 0 Å². The molecule has 6 nitrogen and oxygen atoms in total. The van der Waals surface area contributed by atoms with Crippen molar-refractivity contribution in [2.45, 2.75) is 19.4 Å². The zero-order valence-electron chi connectivity index (χ0n) is 13.0. The predicted octanol–water partition coefficient (Wildman–Crippen LogP) is 1.12. The fraction of sp³-hybridized carbons (Fsp3) is 0.500. The van der Waals surface area contributed by atoms with Gasteiger partial charge in [-0.3, -0.25) is 14.5 Å². The molecule has 1 aromatic heterocycles. The van der Waals surface area contributed by atoms with Gasteiger partial charge in [0.1, 0.15) is 0 Å². The maximum Gasteiger partial charge on any atom is 0.289 e. The van der Waals surface area contributed by atoms with Gasteiger partial charge in [-0.2, -0.15) is 0 Å². The van der Waals surface area contributed by atoms with E-state index in [1.807, 2.05) is 6.92 Å².